The molecule has 0 atom stereocenters. The largest absolute Gasteiger partial charge is 0.269 e. The maximum absolute atomic E-state index is 12.7. The SMILES string of the molecule is O=C(/C=C/c1ccccc1)N(c1ccccn1)c1ccccn1. The Morgan fingerprint density at radius 1 is 0.783 bits per heavy atom. The van der Waals surface area contributed by atoms with E-state index in [1.807, 2.05) is 54.6 Å². The van der Waals surface area contributed by atoms with E-state index in [9.17, 15) is 4.79 Å². The minimum atomic E-state index is -0.203. The summed E-state index contributed by atoms with van der Waals surface area (Å²) in [7, 11) is 0. The van der Waals surface area contributed by atoms with E-state index < -0.39 is 0 Å². The first kappa shape index (κ1) is 14.7. The van der Waals surface area contributed by atoms with Crippen molar-refractivity contribution in [3.63, 3.8) is 0 Å². The highest BCUT2D eigenvalue weighted by atomic mass is 16.2. The van der Waals surface area contributed by atoms with E-state index >= 15 is 0 Å². The highest BCUT2D eigenvalue weighted by Crippen LogP contribution is 2.21. The molecule has 3 rings (SSSR count). The Labute approximate surface area is 134 Å². The molecule has 4 nitrogen and oxygen atoms in total. The van der Waals surface area contributed by atoms with Gasteiger partial charge in [-0.15, -0.1) is 0 Å². The predicted octanol–water partition coefficient (Wildman–Crippen LogP) is 3.85. The van der Waals surface area contributed by atoms with Crippen molar-refractivity contribution in [3.8, 4) is 0 Å². The minimum absolute atomic E-state index is 0.203. The van der Waals surface area contributed by atoms with E-state index in [1.54, 1.807) is 30.6 Å². The molecule has 0 unspecified atom stereocenters. The van der Waals surface area contributed by atoms with Crippen molar-refractivity contribution in [2.45, 2.75) is 0 Å². The summed E-state index contributed by atoms with van der Waals surface area (Å²) in [6.45, 7) is 0. The Kier molecular flexibility index (Phi) is 4.55. The number of carbonyl (C=O) groups is 1. The van der Waals surface area contributed by atoms with Gasteiger partial charge in [-0.05, 0) is 35.9 Å². The average Bonchev–Trinajstić information content (AvgIpc) is 2.63. The number of amides is 1. The first-order chi connectivity index (χ1) is 11.3. The zero-order valence-corrected chi connectivity index (χ0v) is 12.4. The average molecular weight is 301 g/mol. The molecule has 1 aromatic carbocycles. The van der Waals surface area contributed by atoms with Crippen LogP contribution in [0.15, 0.2) is 85.2 Å². The summed E-state index contributed by atoms with van der Waals surface area (Å²) in [5.74, 6) is 0.870. The topological polar surface area (TPSA) is 46.1 Å². The molecule has 23 heavy (non-hydrogen) atoms. The Balaban J connectivity index is 1.93. The van der Waals surface area contributed by atoms with Gasteiger partial charge in [0.25, 0.3) is 5.91 Å². The number of benzene rings is 1. The second-order valence-corrected chi connectivity index (χ2v) is 4.79. The molecule has 2 heterocycles. The van der Waals surface area contributed by atoms with Crippen LogP contribution in [0.2, 0.25) is 0 Å². The molecule has 2 aromatic heterocycles. The Morgan fingerprint density at radius 3 is 1.87 bits per heavy atom. The quantitative estimate of drug-likeness (QED) is 0.687. The van der Waals surface area contributed by atoms with Gasteiger partial charge < -0.3 is 0 Å². The van der Waals surface area contributed by atoms with Crippen molar-refractivity contribution < 1.29 is 4.79 Å². The Hall–Kier alpha value is -3.27. The summed E-state index contributed by atoms with van der Waals surface area (Å²) >= 11 is 0. The van der Waals surface area contributed by atoms with E-state index in [2.05, 4.69) is 9.97 Å². The van der Waals surface area contributed by atoms with E-state index in [0.29, 0.717) is 11.6 Å². The first-order valence-electron chi connectivity index (χ1n) is 7.24. The summed E-state index contributed by atoms with van der Waals surface area (Å²) in [6.07, 6.45) is 6.61. The molecule has 0 saturated carbocycles. The van der Waals surface area contributed by atoms with Crippen LogP contribution in [0, 0.1) is 0 Å². The monoisotopic (exact) mass is 301 g/mol. The zero-order valence-electron chi connectivity index (χ0n) is 12.4. The third kappa shape index (κ3) is 3.68. The highest BCUT2D eigenvalue weighted by molar-refractivity contribution is 6.07. The lowest BCUT2D eigenvalue weighted by molar-refractivity contribution is -0.113. The van der Waals surface area contributed by atoms with Gasteiger partial charge in [0.15, 0.2) is 0 Å². The summed E-state index contributed by atoms with van der Waals surface area (Å²) in [6, 6.07) is 20.5. The van der Waals surface area contributed by atoms with Crippen molar-refractivity contribution in [2.24, 2.45) is 0 Å². The van der Waals surface area contributed by atoms with Gasteiger partial charge in [-0.25, -0.2) is 14.9 Å². The van der Waals surface area contributed by atoms with Crippen LogP contribution >= 0.6 is 0 Å². The molecule has 4 heteroatoms. The molecule has 3 aromatic rings. The van der Waals surface area contributed by atoms with Crippen molar-refractivity contribution >= 4 is 23.6 Å². The Morgan fingerprint density at radius 2 is 1.35 bits per heavy atom. The van der Waals surface area contributed by atoms with Crippen LogP contribution in [0.25, 0.3) is 6.08 Å². The van der Waals surface area contributed by atoms with Crippen molar-refractivity contribution in [1.82, 2.24) is 9.97 Å². The van der Waals surface area contributed by atoms with Crippen LogP contribution in [0.1, 0.15) is 5.56 Å². The molecule has 0 bridgehead atoms. The normalized spacial score (nSPS) is 10.6. The maximum atomic E-state index is 12.7. The van der Waals surface area contributed by atoms with Crippen molar-refractivity contribution in [1.29, 1.82) is 0 Å². The number of rotatable bonds is 4. The van der Waals surface area contributed by atoms with E-state index in [0.717, 1.165) is 5.56 Å². The van der Waals surface area contributed by atoms with Crippen molar-refractivity contribution in [3.05, 3.63) is 90.8 Å². The number of nitrogens with zero attached hydrogens (tertiary/aromatic N) is 3. The second-order valence-electron chi connectivity index (χ2n) is 4.79. The van der Waals surface area contributed by atoms with E-state index in [-0.39, 0.29) is 5.91 Å². The van der Waals surface area contributed by atoms with Gasteiger partial charge in [0.05, 0.1) is 0 Å². The van der Waals surface area contributed by atoms with Gasteiger partial charge in [0, 0.05) is 18.5 Å². The molecular formula is C19H15N3O. The summed E-state index contributed by atoms with van der Waals surface area (Å²) in [5.41, 5.74) is 0.961. The standard InChI is InChI=1S/C19H15N3O/c23-19(13-12-16-8-2-1-3-9-16)22(17-10-4-6-14-20-17)18-11-5-7-15-21-18/h1-15H/b13-12+. The number of anilines is 2. The van der Waals surface area contributed by atoms with Gasteiger partial charge in [-0.2, -0.15) is 0 Å². The lowest BCUT2D eigenvalue weighted by Gasteiger charge is -2.18. The summed E-state index contributed by atoms with van der Waals surface area (Å²) < 4.78 is 0. The van der Waals surface area contributed by atoms with Crippen LogP contribution in [0.4, 0.5) is 11.6 Å². The van der Waals surface area contributed by atoms with Crippen LogP contribution in [0.3, 0.4) is 0 Å². The van der Waals surface area contributed by atoms with Crippen LogP contribution in [-0.4, -0.2) is 15.9 Å². The number of pyridine rings is 2. The molecule has 0 fully saturated rings. The molecule has 1 amide bonds. The van der Waals surface area contributed by atoms with Gasteiger partial charge in [-0.3, -0.25) is 4.79 Å². The fourth-order valence-electron chi connectivity index (χ4n) is 2.12. The fourth-order valence-corrected chi connectivity index (χ4v) is 2.12. The minimum Gasteiger partial charge on any atom is -0.269 e. The van der Waals surface area contributed by atoms with Crippen LogP contribution in [0.5, 0.6) is 0 Å². The van der Waals surface area contributed by atoms with E-state index in [4.69, 9.17) is 0 Å². The molecule has 0 aliphatic heterocycles. The Bertz CT molecular complexity index is 747. The third-order valence-corrected chi connectivity index (χ3v) is 3.20. The van der Waals surface area contributed by atoms with E-state index in [1.165, 1.54) is 11.0 Å². The number of aromatic nitrogens is 2. The second kappa shape index (κ2) is 7.13. The lowest BCUT2D eigenvalue weighted by Crippen LogP contribution is -2.25. The third-order valence-electron chi connectivity index (χ3n) is 3.20. The number of carbonyl (C=O) groups excluding carboxylic acids is 1. The lowest BCUT2D eigenvalue weighted by atomic mass is 10.2. The number of hydrogen-bond donors (Lipinski definition) is 0. The molecule has 0 aliphatic rings. The zero-order chi connectivity index (χ0) is 15.9. The van der Waals surface area contributed by atoms with Gasteiger partial charge >= 0.3 is 0 Å². The summed E-state index contributed by atoms with van der Waals surface area (Å²) in [4.78, 5) is 22.7. The molecule has 0 N–H and O–H groups in total. The molecule has 0 spiro atoms. The van der Waals surface area contributed by atoms with Crippen LogP contribution < -0.4 is 4.90 Å². The maximum Gasteiger partial charge on any atom is 0.257 e. The van der Waals surface area contributed by atoms with Gasteiger partial charge in [0.2, 0.25) is 0 Å². The highest BCUT2D eigenvalue weighted by Gasteiger charge is 2.17. The number of hydrogen-bond acceptors (Lipinski definition) is 3. The molecule has 0 aliphatic carbocycles. The molecule has 112 valence electrons. The van der Waals surface area contributed by atoms with Crippen molar-refractivity contribution in [2.75, 3.05) is 4.90 Å². The molecular weight excluding hydrogens is 286 g/mol. The first-order valence-corrected chi connectivity index (χ1v) is 7.24. The van der Waals surface area contributed by atoms with Gasteiger partial charge in [-0.1, -0.05) is 42.5 Å². The summed E-state index contributed by atoms with van der Waals surface area (Å²) in [5, 5.41) is 0. The molecule has 0 saturated heterocycles. The smallest absolute Gasteiger partial charge is 0.257 e. The predicted molar refractivity (Wildman–Crippen MR) is 91.1 cm³/mol. The van der Waals surface area contributed by atoms with Crippen LogP contribution in [-0.2, 0) is 4.79 Å². The fraction of sp³-hybridized carbons (Fsp3) is 0. The molecule has 0 radical (unpaired) electrons. The van der Waals surface area contributed by atoms with Gasteiger partial charge in [0.1, 0.15) is 11.6 Å².